The summed E-state index contributed by atoms with van der Waals surface area (Å²) in [4.78, 5) is 3.12. The molecule has 140 valence electrons. The molecule has 1 aromatic heterocycles. The Kier molecular flexibility index (Phi) is 5.35. The van der Waals surface area contributed by atoms with Crippen LogP contribution in [-0.4, -0.2) is 30.6 Å². The number of nitrogens with zero attached hydrogens (tertiary/aromatic N) is 1. The summed E-state index contributed by atoms with van der Waals surface area (Å²) in [5.74, 6) is 0.185. The number of aryl methyl sites for hydroxylation is 1. The molecule has 0 saturated carbocycles. The SMILES string of the molecule is Cl.FC(c1cccc2c1CCCC2)N1CC(c2cccs2)C2OCOC21. The van der Waals surface area contributed by atoms with Crippen molar-refractivity contribution >= 4 is 23.7 Å². The number of thiophene rings is 1. The zero-order valence-electron chi connectivity index (χ0n) is 14.5. The molecule has 0 bridgehead atoms. The zero-order valence-corrected chi connectivity index (χ0v) is 16.1. The highest BCUT2D eigenvalue weighted by atomic mass is 35.5. The predicted molar refractivity (Wildman–Crippen MR) is 103 cm³/mol. The van der Waals surface area contributed by atoms with E-state index >= 15 is 4.39 Å². The highest BCUT2D eigenvalue weighted by molar-refractivity contribution is 7.10. The van der Waals surface area contributed by atoms with Crippen molar-refractivity contribution in [3.05, 3.63) is 57.3 Å². The Morgan fingerprint density at radius 3 is 2.85 bits per heavy atom. The molecule has 5 rings (SSSR count). The van der Waals surface area contributed by atoms with Gasteiger partial charge in [-0.05, 0) is 48.3 Å². The normalized spacial score (nSPS) is 29.0. The number of hydrogen-bond donors (Lipinski definition) is 0. The summed E-state index contributed by atoms with van der Waals surface area (Å²) in [6.45, 7) is 0.897. The second-order valence-electron chi connectivity index (χ2n) is 7.15. The van der Waals surface area contributed by atoms with Crippen LogP contribution in [0.3, 0.4) is 0 Å². The standard InChI is InChI=1S/C20H22FNO2S.ClH/c21-19(15-8-3-6-13-5-1-2-7-14(13)15)22-11-16(17-9-4-10-25-17)18-20(22)24-12-23-18;/h3-4,6,8-10,16,18-20H,1-2,5,7,11-12H2;1H. The van der Waals surface area contributed by atoms with Crippen molar-refractivity contribution in [3.63, 3.8) is 0 Å². The number of rotatable bonds is 3. The van der Waals surface area contributed by atoms with E-state index < -0.39 is 6.30 Å². The minimum absolute atomic E-state index is 0. The molecule has 0 N–H and O–H groups in total. The number of ether oxygens (including phenoxy) is 2. The quantitative estimate of drug-likeness (QED) is 0.696. The predicted octanol–water partition coefficient (Wildman–Crippen LogP) is 4.82. The summed E-state index contributed by atoms with van der Waals surface area (Å²) in [5, 5.41) is 2.07. The van der Waals surface area contributed by atoms with Crippen LogP contribution < -0.4 is 0 Å². The van der Waals surface area contributed by atoms with Gasteiger partial charge in [-0.25, -0.2) is 9.29 Å². The lowest BCUT2D eigenvalue weighted by atomic mass is 9.88. The molecule has 4 atom stereocenters. The lowest BCUT2D eigenvalue weighted by Crippen LogP contribution is -2.35. The second kappa shape index (κ2) is 7.56. The fourth-order valence-corrected chi connectivity index (χ4v) is 5.44. The molecule has 1 aromatic carbocycles. The van der Waals surface area contributed by atoms with Crippen LogP contribution in [-0.2, 0) is 22.3 Å². The number of hydrogen-bond acceptors (Lipinski definition) is 4. The molecule has 0 amide bonds. The van der Waals surface area contributed by atoms with E-state index in [1.54, 1.807) is 11.3 Å². The fraction of sp³-hybridized carbons (Fsp3) is 0.500. The highest BCUT2D eigenvalue weighted by Crippen LogP contribution is 2.44. The first-order chi connectivity index (χ1) is 12.3. The first-order valence-electron chi connectivity index (χ1n) is 9.10. The number of halogens is 2. The Balaban J connectivity index is 0.00000168. The molecule has 6 heteroatoms. The zero-order chi connectivity index (χ0) is 16.8. The van der Waals surface area contributed by atoms with Crippen molar-refractivity contribution in [2.24, 2.45) is 0 Å². The average molecular weight is 396 g/mol. The van der Waals surface area contributed by atoms with E-state index in [1.165, 1.54) is 22.4 Å². The summed E-state index contributed by atoms with van der Waals surface area (Å²) in [6.07, 6.45) is 2.92. The van der Waals surface area contributed by atoms with Gasteiger partial charge >= 0.3 is 0 Å². The molecule has 0 spiro atoms. The Labute approximate surface area is 163 Å². The fourth-order valence-electron chi connectivity index (χ4n) is 4.59. The maximum Gasteiger partial charge on any atom is 0.181 e. The molecule has 2 aliphatic heterocycles. The van der Waals surface area contributed by atoms with Crippen LogP contribution in [0.5, 0.6) is 0 Å². The van der Waals surface area contributed by atoms with E-state index in [1.807, 2.05) is 23.1 Å². The van der Waals surface area contributed by atoms with Gasteiger partial charge in [0.25, 0.3) is 0 Å². The maximum absolute atomic E-state index is 15.7. The summed E-state index contributed by atoms with van der Waals surface area (Å²) >= 11 is 1.72. The van der Waals surface area contributed by atoms with Gasteiger partial charge in [0.1, 0.15) is 19.1 Å². The van der Waals surface area contributed by atoms with Gasteiger partial charge in [0, 0.05) is 22.9 Å². The molecule has 2 aromatic rings. The second-order valence-corrected chi connectivity index (χ2v) is 8.13. The summed E-state index contributed by atoms with van der Waals surface area (Å²) in [5.41, 5.74) is 3.37. The molecule has 26 heavy (non-hydrogen) atoms. The third-order valence-corrected chi connectivity index (χ3v) is 6.80. The molecule has 2 fully saturated rings. The van der Waals surface area contributed by atoms with Crippen LogP contribution in [0.1, 0.15) is 46.6 Å². The number of fused-ring (bicyclic) bond motifs is 2. The van der Waals surface area contributed by atoms with E-state index in [4.69, 9.17) is 9.47 Å². The van der Waals surface area contributed by atoms with E-state index in [0.29, 0.717) is 6.54 Å². The first kappa shape index (κ1) is 18.4. The van der Waals surface area contributed by atoms with Crippen molar-refractivity contribution in [1.82, 2.24) is 4.90 Å². The molecule has 3 aliphatic rings. The molecule has 3 nitrogen and oxygen atoms in total. The van der Waals surface area contributed by atoms with Gasteiger partial charge in [-0.3, -0.25) is 0 Å². The molecule has 4 unspecified atom stereocenters. The van der Waals surface area contributed by atoms with Crippen LogP contribution >= 0.6 is 23.7 Å². The lowest BCUT2D eigenvalue weighted by molar-refractivity contribution is -0.0669. The number of benzene rings is 1. The van der Waals surface area contributed by atoms with Crippen molar-refractivity contribution < 1.29 is 13.9 Å². The van der Waals surface area contributed by atoms with Crippen molar-refractivity contribution in [2.45, 2.75) is 50.2 Å². The first-order valence-corrected chi connectivity index (χ1v) is 9.98. The maximum atomic E-state index is 15.7. The van der Waals surface area contributed by atoms with Crippen LogP contribution in [0.4, 0.5) is 4.39 Å². The van der Waals surface area contributed by atoms with Gasteiger partial charge in [0.2, 0.25) is 0 Å². The Hall–Kier alpha value is -0.980. The summed E-state index contributed by atoms with van der Waals surface area (Å²) < 4.78 is 27.3. The number of alkyl halides is 1. The van der Waals surface area contributed by atoms with Crippen molar-refractivity contribution in [2.75, 3.05) is 13.3 Å². The molecule has 0 radical (unpaired) electrons. The largest absolute Gasteiger partial charge is 0.347 e. The van der Waals surface area contributed by atoms with Gasteiger partial charge in [0.15, 0.2) is 6.30 Å². The Morgan fingerprint density at radius 1 is 1.12 bits per heavy atom. The van der Waals surface area contributed by atoms with E-state index in [-0.39, 0.29) is 37.4 Å². The van der Waals surface area contributed by atoms with Crippen LogP contribution in [0.2, 0.25) is 0 Å². The Morgan fingerprint density at radius 2 is 2.00 bits per heavy atom. The van der Waals surface area contributed by atoms with Crippen LogP contribution in [0, 0.1) is 0 Å². The Bertz CT molecular complexity index is 756. The monoisotopic (exact) mass is 395 g/mol. The molecular formula is C20H23ClFNO2S. The third-order valence-electron chi connectivity index (χ3n) is 5.80. The van der Waals surface area contributed by atoms with Gasteiger partial charge in [-0.2, -0.15) is 0 Å². The molecule has 3 heterocycles. The van der Waals surface area contributed by atoms with Crippen molar-refractivity contribution in [3.8, 4) is 0 Å². The minimum atomic E-state index is -1.13. The molecule has 2 saturated heterocycles. The summed E-state index contributed by atoms with van der Waals surface area (Å²) in [6, 6.07) is 10.3. The van der Waals surface area contributed by atoms with Gasteiger partial charge in [-0.1, -0.05) is 24.3 Å². The van der Waals surface area contributed by atoms with Crippen LogP contribution in [0.15, 0.2) is 35.7 Å². The van der Waals surface area contributed by atoms with Crippen molar-refractivity contribution in [1.29, 1.82) is 0 Å². The van der Waals surface area contributed by atoms with E-state index in [2.05, 4.69) is 17.5 Å². The third kappa shape index (κ3) is 3.00. The van der Waals surface area contributed by atoms with Gasteiger partial charge < -0.3 is 9.47 Å². The molecule has 1 aliphatic carbocycles. The van der Waals surface area contributed by atoms with E-state index in [0.717, 1.165) is 24.8 Å². The van der Waals surface area contributed by atoms with Crippen LogP contribution in [0.25, 0.3) is 0 Å². The van der Waals surface area contributed by atoms with Gasteiger partial charge in [-0.15, -0.1) is 23.7 Å². The highest BCUT2D eigenvalue weighted by Gasteiger charge is 2.50. The van der Waals surface area contributed by atoms with Gasteiger partial charge in [0.05, 0.1) is 0 Å². The summed E-state index contributed by atoms with van der Waals surface area (Å²) in [7, 11) is 0. The minimum Gasteiger partial charge on any atom is -0.347 e. The average Bonchev–Trinajstić information content (AvgIpc) is 3.38. The smallest absolute Gasteiger partial charge is 0.181 e. The van der Waals surface area contributed by atoms with E-state index in [9.17, 15) is 0 Å². The number of likely N-dealkylation sites (tertiary alicyclic amines) is 1. The topological polar surface area (TPSA) is 21.7 Å². The molecular weight excluding hydrogens is 373 g/mol. The lowest BCUT2D eigenvalue weighted by Gasteiger charge is -2.29.